The number of benzene rings is 1. The molecule has 2 aromatic heterocycles. The molecule has 156 valence electrons. The molecule has 0 spiro atoms. The lowest BCUT2D eigenvalue weighted by atomic mass is 9.99. The predicted octanol–water partition coefficient (Wildman–Crippen LogP) is 3.74. The summed E-state index contributed by atoms with van der Waals surface area (Å²) in [4.78, 5) is 28.4. The van der Waals surface area contributed by atoms with E-state index < -0.39 is 0 Å². The van der Waals surface area contributed by atoms with Crippen molar-refractivity contribution in [1.82, 2.24) is 20.3 Å². The number of amides is 1. The third kappa shape index (κ3) is 4.50. The molecule has 0 radical (unpaired) electrons. The molecule has 1 aliphatic rings. The monoisotopic (exact) mass is 405 g/mol. The molecule has 0 saturated heterocycles. The van der Waals surface area contributed by atoms with Gasteiger partial charge in [-0.3, -0.25) is 4.79 Å². The number of aryl methyl sites for hydroxylation is 2. The molecule has 7 nitrogen and oxygen atoms in total. The minimum Gasteiger partial charge on any atom is -0.438 e. The van der Waals surface area contributed by atoms with Gasteiger partial charge in [0, 0.05) is 38.2 Å². The summed E-state index contributed by atoms with van der Waals surface area (Å²) in [5.41, 5.74) is 3.65. The van der Waals surface area contributed by atoms with Gasteiger partial charge in [0.25, 0.3) is 5.91 Å². The van der Waals surface area contributed by atoms with Crippen molar-refractivity contribution >= 4 is 11.7 Å². The van der Waals surface area contributed by atoms with Crippen LogP contribution in [0.5, 0.6) is 0 Å². The zero-order chi connectivity index (χ0) is 21.3. The van der Waals surface area contributed by atoms with Crippen LogP contribution in [0.2, 0.25) is 0 Å². The van der Waals surface area contributed by atoms with Gasteiger partial charge in [-0.25, -0.2) is 15.0 Å². The highest BCUT2D eigenvalue weighted by atomic mass is 16.3. The number of oxazole rings is 1. The molecule has 1 unspecified atom stereocenters. The van der Waals surface area contributed by atoms with Gasteiger partial charge in [-0.05, 0) is 32.3 Å². The van der Waals surface area contributed by atoms with Crippen LogP contribution in [0.3, 0.4) is 0 Å². The van der Waals surface area contributed by atoms with Crippen molar-refractivity contribution in [1.29, 1.82) is 0 Å². The normalized spacial score (nSPS) is 14.4. The molecule has 0 aliphatic heterocycles. The first-order valence-corrected chi connectivity index (χ1v) is 10.2. The lowest BCUT2D eigenvalue weighted by Crippen LogP contribution is -2.30. The van der Waals surface area contributed by atoms with Crippen LogP contribution in [0.4, 0.5) is 5.82 Å². The first-order chi connectivity index (χ1) is 14.4. The Morgan fingerprint density at radius 3 is 2.67 bits per heavy atom. The Balaban J connectivity index is 1.66. The third-order valence-corrected chi connectivity index (χ3v) is 5.30. The van der Waals surface area contributed by atoms with Crippen LogP contribution >= 0.6 is 0 Å². The smallest absolute Gasteiger partial charge is 0.289 e. The molecule has 1 N–H and O–H groups in total. The SMILES string of the molecule is Cc1cccc(C(Cc2cc(N(C)C)nc(C3CC3)n2)NC(=O)c2ocnc2C)c1. The second-order valence-electron chi connectivity index (χ2n) is 8.16. The van der Waals surface area contributed by atoms with E-state index in [0.29, 0.717) is 18.0 Å². The van der Waals surface area contributed by atoms with Crippen LogP contribution in [0.15, 0.2) is 41.1 Å². The Labute approximate surface area is 176 Å². The largest absolute Gasteiger partial charge is 0.438 e. The Bertz CT molecular complexity index is 1040. The summed E-state index contributed by atoms with van der Waals surface area (Å²) in [5.74, 6) is 2.20. The second-order valence-corrected chi connectivity index (χ2v) is 8.16. The minimum atomic E-state index is -0.277. The summed E-state index contributed by atoms with van der Waals surface area (Å²) < 4.78 is 5.29. The van der Waals surface area contributed by atoms with Gasteiger partial charge in [0.05, 0.1) is 11.7 Å². The second kappa shape index (κ2) is 8.26. The lowest BCUT2D eigenvalue weighted by Gasteiger charge is -2.21. The number of nitrogens with zero attached hydrogens (tertiary/aromatic N) is 4. The summed E-state index contributed by atoms with van der Waals surface area (Å²) in [6, 6.07) is 9.92. The fourth-order valence-electron chi connectivity index (χ4n) is 3.45. The number of rotatable bonds is 7. The maximum Gasteiger partial charge on any atom is 0.289 e. The van der Waals surface area contributed by atoms with E-state index in [1.165, 1.54) is 6.39 Å². The highest BCUT2D eigenvalue weighted by Crippen LogP contribution is 2.38. The van der Waals surface area contributed by atoms with Gasteiger partial charge in [0.1, 0.15) is 11.6 Å². The van der Waals surface area contributed by atoms with E-state index in [2.05, 4.69) is 16.4 Å². The van der Waals surface area contributed by atoms with Crippen LogP contribution in [0, 0.1) is 13.8 Å². The number of carbonyl (C=O) groups is 1. The van der Waals surface area contributed by atoms with Crippen molar-refractivity contribution < 1.29 is 9.21 Å². The van der Waals surface area contributed by atoms with Crippen molar-refractivity contribution in [2.24, 2.45) is 0 Å². The third-order valence-electron chi connectivity index (χ3n) is 5.30. The Morgan fingerprint density at radius 2 is 2.03 bits per heavy atom. The quantitative estimate of drug-likeness (QED) is 0.645. The number of aromatic nitrogens is 3. The zero-order valence-corrected chi connectivity index (χ0v) is 17.8. The van der Waals surface area contributed by atoms with E-state index in [9.17, 15) is 4.79 Å². The highest BCUT2D eigenvalue weighted by molar-refractivity contribution is 5.92. The average Bonchev–Trinajstić information content (AvgIpc) is 3.48. The van der Waals surface area contributed by atoms with Gasteiger partial charge in [-0.2, -0.15) is 0 Å². The summed E-state index contributed by atoms with van der Waals surface area (Å²) >= 11 is 0. The fourth-order valence-corrected chi connectivity index (χ4v) is 3.45. The van der Waals surface area contributed by atoms with Gasteiger partial charge in [-0.15, -0.1) is 0 Å². The Kier molecular flexibility index (Phi) is 5.53. The molecule has 2 heterocycles. The molecule has 1 atom stereocenters. The first kappa shape index (κ1) is 20.1. The Morgan fingerprint density at radius 1 is 1.23 bits per heavy atom. The molecule has 7 heteroatoms. The van der Waals surface area contributed by atoms with Crippen LogP contribution in [-0.2, 0) is 6.42 Å². The van der Waals surface area contributed by atoms with E-state index in [1.54, 1.807) is 6.92 Å². The van der Waals surface area contributed by atoms with E-state index in [-0.39, 0.29) is 17.7 Å². The maximum atomic E-state index is 12.9. The molecule has 1 aromatic carbocycles. The van der Waals surface area contributed by atoms with E-state index in [1.807, 2.05) is 50.2 Å². The summed E-state index contributed by atoms with van der Waals surface area (Å²) in [6.45, 7) is 3.80. The molecule has 30 heavy (non-hydrogen) atoms. The Hall–Kier alpha value is -3.22. The molecular weight excluding hydrogens is 378 g/mol. The molecule has 0 bridgehead atoms. The van der Waals surface area contributed by atoms with Gasteiger partial charge >= 0.3 is 0 Å². The average molecular weight is 406 g/mol. The number of hydrogen-bond acceptors (Lipinski definition) is 6. The summed E-state index contributed by atoms with van der Waals surface area (Å²) in [6.07, 6.45) is 4.13. The van der Waals surface area contributed by atoms with Crippen molar-refractivity contribution in [3.63, 3.8) is 0 Å². The highest BCUT2D eigenvalue weighted by Gasteiger charge is 2.28. The molecule has 3 aromatic rings. The zero-order valence-electron chi connectivity index (χ0n) is 17.8. The van der Waals surface area contributed by atoms with Crippen molar-refractivity contribution in [2.45, 2.75) is 45.1 Å². The molecular formula is C23H27N5O2. The molecule has 4 rings (SSSR count). The first-order valence-electron chi connectivity index (χ1n) is 10.2. The summed E-state index contributed by atoms with van der Waals surface area (Å²) in [5, 5.41) is 3.12. The van der Waals surface area contributed by atoms with Crippen molar-refractivity contribution in [2.75, 3.05) is 19.0 Å². The van der Waals surface area contributed by atoms with Crippen molar-refractivity contribution in [3.05, 3.63) is 70.8 Å². The molecule has 1 saturated carbocycles. The summed E-state index contributed by atoms with van der Waals surface area (Å²) in [7, 11) is 3.96. The number of carbonyl (C=O) groups excluding carboxylic acids is 1. The van der Waals surface area contributed by atoms with Crippen molar-refractivity contribution in [3.8, 4) is 0 Å². The number of nitrogens with one attached hydrogen (secondary N) is 1. The van der Waals surface area contributed by atoms with Crippen LogP contribution in [-0.4, -0.2) is 35.0 Å². The molecule has 1 fully saturated rings. The minimum absolute atomic E-state index is 0.239. The van der Waals surface area contributed by atoms with E-state index in [0.717, 1.165) is 41.3 Å². The van der Waals surface area contributed by atoms with Gasteiger partial charge in [0.2, 0.25) is 5.76 Å². The van der Waals surface area contributed by atoms with Gasteiger partial charge in [0.15, 0.2) is 6.39 Å². The van der Waals surface area contributed by atoms with E-state index >= 15 is 0 Å². The number of hydrogen-bond donors (Lipinski definition) is 1. The van der Waals surface area contributed by atoms with Gasteiger partial charge < -0.3 is 14.6 Å². The van der Waals surface area contributed by atoms with Crippen LogP contribution in [0.25, 0.3) is 0 Å². The molecule has 1 aliphatic carbocycles. The standard InChI is InChI=1S/C23H27N5O2/c1-14-6-5-7-17(10-14)19(26-23(29)21-15(2)24-13-30-21)11-18-12-20(28(3)4)27-22(25-18)16-8-9-16/h5-7,10,12-13,16,19H,8-9,11H2,1-4H3,(H,26,29). The predicted molar refractivity (Wildman–Crippen MR) is 115 cm³/mol. The van der Waals surface area contributed by atoms with Crippen LogP contribution < -0.4 is 10.2 Å². The number of anilines is 1. The van der Waals surface area contributed by atoms with Crippen LogP contribution in [0.1, 0.15) is 63.7 Å². The molecule has 1 amide bonds. The van der Waals surface area contributed by atoms with E-state index in [4.69, 9.17) is 14.4 Å². The maximum absolute atomic E-state index is 12.9. The van der Waals surface area contributed by atoms with Gasteiger partial charge in [-0.1, -0.05) is 29.8 Å². The lowest BCUT2D eigenvalue weighted by molar-refractivity contribution is 0.0907. The fraction of sp³-hybridized carbons (Fsp3) is 0.391. The topological polar surface area (TPSA) is 84.2 Å².